The van der Waals surface area contributed by atoms with Gasteiger partial charge in [0, 0.05) is 5.57 Å². The summed E-state index contributed by atoms with van der Waals surface area (Å²) in [5, 5.41) is 0. The van der Waals surface area contributed by atoms with Crippen LogP contribution in [0.2, 0.25) is 0 Å². The van der Waals surface area contributed by atoms with Gasteiger partial charge < -0.3 is 0 Å². The molecule has 0 spiro atoms. The summed E-state index contributed by atoms with van der Waals surface area (Å²) in [4.78, 5) is 9.80. The molecule has 0 aromatic heterocycles. The van der Waals surface area contributed by atoms with E-state index in [1.807, 2.05) is 18.2 Å². The van der Waals surface area contributed by atoms with Gasteiger partial charge in [0.2, 0.25) is 0 Å². The van der Waals surface area contributed by atoms with Gasteiger partial charge in [-0.15, -0.1) is 5.73 Å². The molecular formula is C8H6O. The van der Waals surface area contributed by atoms with Crippen LogP contribution in [0, 0.1) is 0 Å². The van der Waals surface area contributed by atoms with Gasteiger partial charge in [-0.2, -0.15) is 0 Å². The predicted octanol–water partition coefficient (Wildman–Crippen LogP) is 1.39. The third-order valence-electron chi connectivity index (χ3n) is 0.976. The lowest BCUT2D eigenvalue weighted by Crippen LogP contribution is -1.64. The largest absolute Gasteiger partial charge is 0.299 e. The number of carbonyl (C=O) groups excluding carboxylic acids is 1. The smallest absolute Gasteiger partial charge is 0.142 e. The maximum atomic E-state index is 9.80. The fourth-order valence-electron chi connectivity index (χ4n) is 0.591. The minimum atomic E-state index is 0.751. The number of carbonyl (C=O) groups is 1. The average molecular weight is 118 g/mol. The maximum Gasteiger partial charge on any atom is 0.142 e. The van der Waals surface area contributed by atoms with Crippen molar-refractivity contribution in [2.75, 3.05) is 0 Å². The van der Waals surface area contributed by atoms with Crippen LogP contribution in [-0.4, -0.2) is 6.29 Å². The number of aldehydes is 1. The Labute approximate surface area is 53.7 Å². The van der Waals surface area contributed by atoms with Gasteiger partial charge in [-0.3, -0.25) is 4.79 Å². The standard InChI is InChI=1S/C8H6O/c9-7-3-6-8-4-1-2-5-8/h1-4,6-7H/b6-3+. The number of allylic oxidation sites excluding steroid dienone is 5. The Morgan fingerprint density at radius 2 is 2.44 bits per heavy atom. The monoisotopic (exact) mass is 118 g/mol. The molecule has 0 aliphatic heterocycles. The van der Waals surface area contributed by atoms with Gasteiger partial charge in [-0.05, 0) is 24.3 Å². The molecule has 0 unspecified atom stereocenters. The van der Waals surface area contributed by atoms with Gasteiger partial charge in [0.25, 0.3) is 0 Å². The summed E-state index contributed by atoms with van der Waals surface area (Å²) in [7, 11) is 0. The first-order valence-electron chi connectivity index (χ1n) is 2.69. The van der Waals surface area contributed by atoms with Crippen molar-refractivity contribution >= 4 is 6.29 Å². The molecular weight excluding hydrogens is 112 g/mol. The molecule has 9 heavy (non-hydrogen) atoms. The van der Waals surface area contributed by atoms with Gasteiger partial charge >= 0.3 is 0 Å². The number of hydrogen-bond acceptors (Lipinski definition) is 1. The minimum absolute atomic E-state index is 0.751. The van der Waals surface area contributed by atoms with Gasteiger partial charge in [0.15, 0.2) is 0 Å². The third kappa shape index (κ3) is 1.56. The van der Waals surface area contributed by atoms with Crippen LogP contribution < -0.4 is 0 Å². The van der Waals surface area contributed by atoms with Crippen molar-refractivity contribution in [3.63, 3.8) is 0 Å². The van der Waals surface area contributed by atoms with E-state index in [9.17, 15) is 4.79 Å². The predicted molar refractivity (Wildman–Crippen MR) is 35.9 cm³/mol. The fraction of sp³-hybridized carbons (Fsp3) is 0. The molecule has 1 heteroatoms. The van der Waals surface area contributed by atoms with Crippen LogP contribution in [0.1, 0.15) is 0 Å². The Hall–Kier alpha value is -1.33. The van der Waals surface area contributed by atoms with Crippen LogP contribution in [0.15, 0.2) is 41.7 Å². The molecule has 0 atom stereocenters. The van der Waals surface area contributed by atoms with E-state index >= 15 is 0 Å². The van der Waals surface area contributed by atoms with Crippen molar-refractivity contribution in [1.82, 2.24) is 0 Å². The van der Waals surface area contributed by atoms with E-state index in [0.29, 0.717) is 0 Å². The first-order chi connectivity index (χ1) is 4.43. The normalized spacial score (nSPS) is 14.9. The van der Waals surface area contributed by atoms with E-state index in [-0.39, 0.29) is 0 Å². The van der Waals surface area contributed by atoms with Crippen LogP contribution in [0.5, 0.6) is 0 Å². The van der Waals surface area contributed by atoms with Crippen LogP contribution in [0.3, 0.4) is 0 Å². The highest BCUT2D eigenvalue weighted by Crippen LogP contribution is 2.01. The Balaban J connectivity index is 2.65. The van der Waals surface area contributed by atoms with Gasteiger partial charge in [-0.25, -0.2) is 0 Å². The highest BCUT2D eigenvalue weighted by molar-refractivity contribution is 5.66. The first kappa shape index (κ1) is 5.80. The number of rotatable bonds is 2. The van der Waals surface area contributed by atoms with E-state index in [4.69, 9.17) is 0 Å². The van der Waals surface area contributed by atoms with Crippen LogP contribution in [0.25, 0.3) is 0 Å². The lowest BCUT2D eigenvalue weighted by atomic mass is 10.3. The lowest BCUT2D eigenvalue weighted by Gasteiger charge is -1.77. The van der Waals surface area contributed by atoms with Crippen molar-refractivity contribution in [3.05, 3.63) is 41.7 Å². The van der Waals surface area contributed by atoms with Gasteiger partial charge in [0.1, 0.15) is 6.29 Å². The molecule has 1 aliphatic carbocycles. The summed E-state index contributed by atoms with van der Waals surface area (Å²) >= 11 is 0. The SMILES string of the molecule is O=C/C=C/C1=C=CC=C1. The Kier molecular flexibility index (Phi) is 1.84. The number of hydrogen-bond donors (Lipinski definition) is 0. The van der Waals surface area contributed by atoms with E-state index in [0.717, 1.165) is 11.9 Å². The summed E-state index contributed by atoms with van der Waals surface area (Å²) in [5.41, 5.74) is 3.87. The summed E-state index contributed by atoms with van der Waals surface area (Å²) in [6, 6.07) is 0. The highest BCUT2D eigenvalue weighted by Gasteiger charge is 1.84. The van der Waals surface area contributed by atoms with Gasteiger partial charge in [-0.1, -0.05) is 6.08 Å². The molecule has 0 N–H and O–H groups in total. The summed E-state index contributed by atoms with van der Waals surface area (Å²) < 4.78 is 0. The Morgan fingerprint density at radius 3 is 3.00 bits per heavy atom. The molecule has 0 saturated carbocycles. The van der Waals surface area contributed by atoms with Crippen molar-refractivity contribution in [2.24, 2.45) is 0 Å². The minimum Gasteiger partial charge on any atom is -0.299 e. The summed E-state index contributed by atoms with van der Waals surface area (Å²) in [6.45, 7) is 0. The summed E-state index contributed by atoms with van der Waals surface area (Å²) in [6.07, 6.45) is 9.49. The molecule has 0 aromatic carbocycles. The maximum absolute atomic E-state index is 9.80. The van der Waals surface area contributed by atoms with Crippen LogP contribution in [0.4, 0.5) is 0 Å². The van der Waals surface area contributed by atoms with E-state index in [2.05, 4.69) is 5.73 Å². The van der Waals surface area contributed by atoms with Crippen LogP contribution in [-0.2, 0) is 4.79 Å². The van der Waals surface area contributed by atoms with Crippen molar-refractivity contribution < 1.29 is 4.79 Å². The molecule has 0 heterocycles. The second-order valence-corrected chi connectivity index (χ2v) is 1.62. The van der Waals surface area contributed by atoms with Crippen molar-refractivity contribution in [2.45, 2.75) is 0 Å². The third-order valence-corrected chi connectivity index (χ3v) is 0.976. The molecule has 0 radical (unpaired) electrons. The van der Waals surface area contributed by atoms with Gasteiger partial charge in [0.05, 0.1) is 0 Å². The zero-order chi connectivity index (χ0) is 6.53. The second kappa shape index (κ2) is 2.85. The van der Waals surface area contributed by atoms with E-state index in [1.165, 1.54) is 6.08 Å². The van der Waals surface area contributed by atoms with Crippen molar-refractivity contribution in [3.8, 4) is 0 Å². The Bertz CT molecular complexity index is 225. The van der Waals surface area contributed by atoms with Crippen molar-refractivity contribution in [1.29, 1.82) is 0 Å². The molecule has 0 aromatic rings. The highest BCUT2D eigenvalue weighted by atomic mass is 16.1. The molecule has 1 aliphatic rings. The topological polar surface area (TPSA) is 17.1 Å². The zero-order valence-electron chi connectivity index (χ0n) is 4.87. The molecule has 44 valence electrons. The first-order valence-corrected chi connectivity index (χ1v) is 2.69. The summed E-state index contributed by atoms with van der Waals surface area (Å²) in [5.74, 6) is 0. The molecule has 1 nitrogen and oxygen atoms in total. The molecule has 0 amide bonds. The molecule has 0 bridgehead atoms. The van der Waals surface area contributed by atoms with Crippen LogP contribution >= 0.6 is 0 Å². The molecule has 0 saturated heterocycles. The Morgan fingerprint density at radius 1 is 1.56 bits per heavy atom. The fourth-order valence-corrected chi connectivity index (χ4v) is 0.591. The average Bonchev–Trinajstić information content (AvgIpc) is 2.34. The second-order valence-electron chi connectivity index (χ2n) is 1.62. The zero-order valence-corrected chi connectivity index (χ0v) is 4.87. The quantitative estimate of drug-likeness (QED) is 0.304. The molecule has 0 fully saturated rings. The molecule has 1 rings (SSSR count). The lowest BCUT2D eigenvalue weighted by molar-refractivity contribution is -0.104. The van der Waals surface area contributed by atoms with E-state index in [1.54, 1.807) is 6.08 Å². The van der Waals surface area contributed by atoms with E-state index < -0.39 is 0 Å².